The fourth-order valence-electron chi connectivity index (χ4n) is 2.33. The van der Waals surface area contributed by atoms with Crippen LogP contribution >= 0.6 is 35.1 Å². The summed E-state index contributed by atoms with van der Waals surface area (Å²) in [7, 11) is 0. The molecule has 0 radical (unpaired) electrons. The normalized spacial score (nSPS) is 10.8. The molecule has 0 amide bonds. The molecule has 0 aliphatic carbocycles. The number of hydrogen-bond donors (Lipinski definition) is 0. The number of thioether (sulfide) groups is 2. The van der Waals surface area contributed by atoms with Crippen LogP contribution in [0.1, 0.15) is 38.2 Å². The summed E-state index contributed by atoms with van der Waals surface area (Å²) in [5.41, 5.74) is 1.34. The molecule has 0 aliphatic rings. The van der Waals surface area contributed by atoms with E-state index in [2.05, 4.69) is 44.2 Å². The molecular formula is C21H27ClOS2. The van der Waals surface area contributed by atoms with E-state index in [9.17, 15) is 0 Å². The Morgan fingerprint density at radius 3 is 2.48 bits per heavy atom. The first-order chi connectivity index (χ1) is 12.2. The number of benzene rings is 2. The van der Waals surface area contributed by atoms with Crippen LogP contribution in [0.4, 0.5) is 0 Å². The summed E-state index contributed by atoms with van der Waals surface area (Å²) in [6.07, 6.45) is 4.71. The van der Waals surface area contributed by atoms with Gasteiger partial charge in [-0.15, -0.1) is 23.5 Å². The maximum atomic E-state index is 5.92. The van der Waals surface area contributed by atoms with Gasteiger partial charge in [-0.3, -0.25) is 0 Å². The Morgan fingerprint density at radius 2 is 1.72 bits per heavy atom. The van der Waals surface area contributed by atoms with Gasteiger partial charge in [-0.2, -0.15) is 0 Å². The molecule has 0 aliphatic heterocycles. The molecule has 0 aromatic heterocycles. The number of rotatable bonds is 11. The number of hydrogen-bond acceptors (Lipinski definition) is 3. The minimum atomic E-state index is 0.798. The third-order valence-corrected chi connectivity index (χ3v) is 6.47. The predicted molar refractivity (Wildman–Crippen MR) is 114 cm³/mol. The van der Waals surface area contributed by atoms with Crippen LogP contribution in [-0.4, -0.2) is 18.1 Å². The van der Waals surface area contributed by atoms with E-state index < -0.39 is 0 Å². The lowest BCUT2D eigenvalue weighted by Crippen LogP contribution is -1.98. The van der Waals surface area contributed by atoms with Gasteiger partial charge in [0.05, 0.1) is 6.61 Å². The summed E-state index contributed by atoms with van der Waals surface area (Å²) in [6.45, 7) is 5.18. The lowest BCUT2D eigenvalue weighted by atomic mass is 10.2. The molecule has 0 bridgehead atoms. The molecule has 0 atom stereocenters. The summed E-state index contributed by atoms with van der Waals surface area (Å²) >= 11 is 9.71. The average Bonchev–Trinajstić information content (AvgIpc) is 2.62. The minimum Gasteiger partial charge on any atom is -0.494 e. The van der Waals surface area contributed by atoms with E-state index in [1.54, 1.807) is 0 Å². The van der Waals surface area contributed by atoms with Crippen molar-refractivity contribution in [2.45, 2.75) is 49.3 Å². The van der Waals surface area contributed by atoms with Crippen molar-refractivity contribution in [3.8, 4) is 5.75 Å². The first-order valence-electron chi connectivity index (χ1n) is 8.93. The standard InChI is InChI=1S/C21H27ClOS2/c1-3-14-25-21-16-19(10-7-17(21)2)23-13-5-4-6-15-24-20-11-8-18(22)9-12-20/h7-12,16H,3-6,13-15H2,1-2H3. The minimum absolute atomic E-state index is 0.798. The Kier molecular flexibility index (Phi) is 9.67. The van der Waals surface area contributed by atoms with Gasteiger partial charge < -0.3 is 4.74 Å². The van der Waals surface area contributed by atoms with Gasteiger partial charge in [0.1, 0.15) is 5.75 Å². The largest absolute Gasteiger partial charge is 0.494 e. The summed E-state index contributed by atoms with van der Waals surface area (Å²) in [5, 5.41) is 0.800. The van der Waals surface area contributed by atoms with Gasteiger partial charge in [0, 0.05) is 14.8 Å². The Labute approximate surface area is 165 Å². The zero-order valence-corrected chi connectivity index (χ0v) is 17.5. The van der Waals surface area contributed by atoms with Crippen molar-refractivity contribution in [2.24, 2.45) is 0 Å². The molecule has 2 aromatic rings. The van der Waals surface area contributed by atoms with Crippen LogP contribution in [0.3, 0.4) is 0 Å². The third-order valence-electron chi connectivity index (χ3n) is 3.76. The SMILES string of the molecule is CCCSc1cc(OCCCCCSc2ccc(Cl)cc2)ccc1C. The quantitative estimate of drug-likeness (QED) is 0.288. The van der Waals surface area contributed by atoms with Gasteiger partial charge in [-0.1, -0.05) is 24.6 Å². The van der Waals surface area contributed by atoms with Crippen molar-refractivity contribution in [1.29, 1.82) is 0 Å². The Hall–Kier alpha value is -0.770. The van der Waals surface area contributed by atoms with Crippen molar-refractivity contribution in [3.05, 3.63) is 53.1 Å². The average molecular weight is 395 g/mol. The summed E-state index contributed by atoms with van der Waals surface area (Å²) in [6, 6.07) is 14.5. The maximum Gasteiger partial charge on any atom is 0.120 e. The van der Waals surface area contributed by atoms with Gasteiger partial charge in [-0.05, 0) is 86.1 Å². The van der Waals surface area contributed by atoms with Crippen LogP contribution in [0.2, 0.25) is 5.02 Å². The number of unbranched alkanes of at least 4 members (excludes halogenated alkanes) is 2. The van der Waals surface area contributed by atoms with Gasteiger partial charge in [0.25, 0.3) is 0 Å². The lowest BCUT2D eigenvalue weighted by Gasteiger charge is -2.10. The highest BCUT2D eigenvalue weighted by molar-refractivity contribution is 7.99. The molecule has 0 N–H and O–H groups in total. The fourth-order valence-corrected chi connectivity index (χ4v) is 4.29. The number of halogens is 1. The zero-order valence-electron chi connectivity index (χ0n) is 15.1. The van der Waals surface area contributed by atoms with Gasteiger partial charge >= 0.3 is 0 Å². The Bertz CT molecular complexity index is 628. The second-order valence-electron chi connectivity index (χ2n) is 5.99. The van der Waals surface area contributed by atoms with E-state index in [-0.39, 0.29) is 0 Å². The molecule has 0 unspecified atom stereocenters. The monoisotopic (exact) mass is 394 g/mol. The van der Waals surface area contributed by atoms with Gasteiger partial charge in [0.2, 0.25) is 0 Å². The van der Waals surface area contributed by atoms with Crippen molar-refractivity contribution >= 4 is 35.1 Å². The van der Waals surface area contributed by atoms with E-state index in [0.29, 0.717) is 0 Å². The first kappa shape index (κ1) is 20.5. The maximum absolute atomic E-state index is 5.92. The number of ether oxygens (including phenoxy) is 1. The molecule has 2 rings (SSSR count). The zero-order chi connectivity index (χ0) is 17.9. The highest BCUT2D eigenvalue weighted by atomic mass is 35.5. The van der Waals surface area contributed by atoms with Crippen molar-refractivity contribution in [2.75, 3.05) is 18.1 Å². The second kappa shape index (κ2) is 11.8. The summed E-state index contributed by atoms with van der Waals surface area (Å²) in [5.74, 6) is 3.30. The summed E-state index contributed by atoms with van der Waals surface area (Å²) < 4.78 is 5.92. The smallest absolute Gasteiger partial charge is 0.120 e. The molecule has 0 fully saturated rings. The van der Waals surface area contributed by atoms with E-state index in [4.69, 9.17) is 16.3 Å². The van der Waals surface area contributed by atoms with Gasteiger partial charge in [-0.25, -0.2) is 0 Å². The van der Waals surface area contributed by atoms with E-state index >= 15 is 0 Å². The molecule has 4 heteroatoms. The molecule has 0 saturated carbocycles. The topological polar surface area (TPSA) is 9.23 Å². The Morgan fingerprint density at radius 1 is 0.920 bits per heavy atom. The highest BCUT2D eigenvalue weighted by Crippen LogP contribution is 2.27. The van der Waals surface area contributed by atoms with Crippen LogP contribution in [0.15, 0.2) is 52.3 Å². The molecular weight excluding hydrogens is 368 g/mol. The van der Waals surface area contributed by atoms with E-state index in [1.807, 2.05) is 35.7 Å². The van der Waals surface area contributed by atoms with Crippen LogP contribution < -0.4 is 4.74 Å². The molecule has 1 nitrogen and oxygen atoms in total. The third kappa shape index (κ3) is 7.98. The summed E-state index contributed by atoms with van der Waals surface area (Å²) in [4.78, 5) is 2.64. The van der Waals surface area contributed by atoms with E-state index in [1.165, 1.54) is 34.6 Å². The Balaban J connectivity index is 1.60. The fraction of sp³-hybridized carbons (Fsp3) is 0.429. The molecule has 0 heterocycles. The molecule has 136 valence electrons. The van der Waals surface area contributed by atoms with Gasteiger partial charge in [0.15, 0.2) is 0 Å². The van der Waals surface area contributed by atoms with Crippen LogP contribution in [0.25, 0.3) is 0 Å². The van der Waals surface area contributed by atoms with Crippen molar-refractivity contribution in [3.63, 3.8) is 0 Å². The second-order valence-corrected chi connectivity index (χ2v) is 8.73. The molecule has 0 spiro atoms. The molecule has 0 saturated heterocycles. The first-order valence-corrected chi connectivity index (χ1v) is 11.3. The lowest BCUT2D eigenvalue weighted by molar-refractivity contribution is 0.305. The number of aryl methyl sites for hydroxylation is 1. The predicted octanol–water partition coefficient (Wildman–Crippen LogP) is 7.49. The van der Waals surface area contributed by atoms with Crippen molar-refractivity contribution in [1.82, 2.24) is 0 Å². The van der Waals surface area contributed by atoms with Crippen molar-refractivity contribution < 1.29 is 4.74 Å². The molecule has 25 heavy (non-hydrogen) atoms. The van der Waals surface area contributed by atoms with Crippen LogP contribution in [-0.2, 0) is 0 Å². The van der Waals surface area contributed by atoms with Crippen LogP contribution in [0, 0.1) is 6.92 Å². The van der Waals surface area contributed by atoms with E-state index in [0.717, 1.165) is 35.3 Å². The highest BCUT2D eigenvalue weighted by Gasteiger charge is 2.02. The molecule has 2 aromatic carbocycles. The van der Waals surface area contributed by atoms with Crippen LogP contribution in [0.5, 0.6) is 5.75 Å².